The minimum atomic E-state index is -0.0493. The maximum Gasteiger partial charge on any atom is 0.227 e. The molecule has 0 bridgehead atoms. The third kappa shape index (κ3) is 2.76. The average Bonchev–Trinajstić information content (AvgIpc) is 2.89. The summed E-state index contributed by atoms with van der Waals surface area (Å²) in [5.41, 5.74) is 1.57. The van der Waals surface area contributed by atoms with Crippen LogP contribution in [0.5, 0.6) is 5.75 Å². The number of amides is 2. The summed E-state index contributed by atoms with van der Waals surface area (Å²) < 4.78 is 5.50. The number of carbonyl (C=O) groups excluding carboxylic acids is 2. The molecule has 0 aromatic heterocycles. The smallest absolute Gasteiger partial charge is 0.227 e. The number of nitrogens with one attached hydrogen (secondary N) is 1. The molecule has 0 atom stereocenters. The predicted molar refractivity (Wildman–Crippen MR) is 74.7 cm³/mol. The lowest BCUT2D eigenvalue weighted by Gasteiger charge is -2.16. The van der Waals surface area contributed by atoms with Crippen molar-refractivity contribution in [3.05, 3.63) is 23.8 Å². The van der Waals surface area contributed by atoms with E-state index in [1.807, 2.05) is 23.1 Å². The fourth-order valence-electron chi connectivity index (χ4n) is 2.63. The van der Waals surface area contributed by atoms with Gasteiger partial charge in [0.25, 0.3) is 0 Å². The average molecular weight is 274 g/mol. The molecule has 5 nitrogen and oxygen atoms in total. The molecule has 3 rings (SSSR count). The zero-order valence-corrected chi connectivity index (χ0v) is 11.4. The van der Waals surface area contributed by atoms with Crippen LogP contribution in [0.15, 0.2) is 18.2 Å². The Balaban J connectivity index is 1.74. The number of hydrogen-bond donors (Lipinski definition) is 1. The second-order valence-corrected chi connectivity index (χ2v) is 5.24. The van der Waals surface area contributed by atoms with Gasteiger partial charge in [0.1, 0.15) is 5.75 Å². The number of likely N-dealkylation sites (tertiary alicyclic amines) is 1. The minimum absolute atomic E-state index is 0.0493. The van der Waals surface area contributed by atoms with E-state index in [2.05, 4.69) is 5.32 Å². The number of rotatable bonds is 2. The Morgan fingerprint density at radius 2 is 2.10 bits per heavy atom. The zero-order chi connectivity index (χ0) is 13.9. The van der Waals surface area contributed by atoms with Crippen molar-refractivity contribution in [2.75, 3.05) is 25.0 Å². The molecule has 0 saturated carbocycles. The van der Waals surface area contributed by atoms with Gasteiger partial charge in [-0.15, -0.1) is 0 Å². The summed E-state index contributed by atoms with van der Waals surface area (Å²) in [7, 11) is 0. The van der Waals surface area contributed by atoms with Crippen LogP contribution < -0.4 is 10.1 Å². The van der Waals surface area contributed by atoms with E-state index in [4.69, 9.17) is 4.74 Å². The Kier molecular flexibility index (Phi) is 3.58. The molecule has 0 unspecified atom stereocenters. The van der Waals surface area contributed by atoms with Gasteiger partial charge in [0, 0.05) is 13.1 Å². The van der Waals surface area contributed by atoms with Gasteiger partial charge in [-0.05, 0) is 30.5 Å². The van der Waals surface area contributed by atoms with Crippen molar-refractivity contribution in [1.29, 1.82) is 0 Å². The van der Waals surface area contributed by atoms with Gasteiger partial charge in [-0.3, -0.25) is 9.59 Å². The Hall–Kier alpha value is -2.04. The van der Waals surface area contributed by atoms with Gasteiger partial charge in [-0.2, -0.15) is 0 Å². The van der Waals surface area contributed by atoms with Crippen LogP contribution in [0, 0.1) is 0 Å². The molecule has 1 aromatic rings. The second kappa shape index (κ2) is 5.53. The monoisotopic (exact) mass is 274 g/mol. The minimum Gasteiger partial charge on any atom is -0.491 e. The number of benzene rings is 1. The first-order chi connectivity index (χ1) is 9.72. The van der Waals surface area contributed by atoms with E-state index >= 15 is 0 Å². The lowest BCUT2D eigenvalue weighted by Crippen LogP contribution is -2.29. The molecule has 1 fully saturated rings. The van der Waals surface area contributed by atoms with Gasteiger partial charge in [-0.1, -0.05) is 6.07 Å². The molecular formula is C15H18N2O3. The highest BCUT2D eigenvalue weighted by Crippen LogP contribution is 2.28. The van der Waals surface area contributed by atoms with Crippen LogP contribution in [0.4, 0.5) is 5.69 Å². The molecule has 1 saturated heterocycles. The summed E-state index contributed by atoms with van der Waals surface area (Å²) in [4.78, 5) is 25.5. The molecule has 2 heterocycles. The van der Waals surface area contributed by atoms with E-state index in [1.54, 1.807) is 0 Å². The van der Waals surface area contributed by atoms with Crippen molar-refractivity contribution in [3.8, 4) is 5.75 Å². The Bertz CT molecular complexity index is 536. The third-order valence-electron chi connectivity index (χ3n) is 3.72. The van der Waals surface area contributed by atoms with Gasteiger partial charge in [0.15, 0.2) is 0 Å². The normalized spacial score (nSPS) is 18.0. The maximum atomic E-state index is 12.1. The van der Waals surface area contributed by atoms with E-state index in [-0.39, 0.29) is 11.8 Å². The van der Waals surface area contributed by atoms with Crippen LogP contribution >= 0.6 is 0 Å². The van der Waals surface area contributed by atoms with E-state index in [1.165, 1.54) is 0 Å². The number of ether oxygens (including phenoxy) is 1. The summed E-state index contributed by atoms with van der Waals surface area (Å²) in [5, 5.41) is 2.82. The van der Waals surface area contributed by atoms with E-state index in [9.17, 15) is 9.59 Å². The van der Waals surface area contributed by atoms with Crippen LogP contribution in [0.3, 0.4) is 0 Å². The van der Waals surface area contributed by atoms with Gasteiger partial charge < -0.3 is 15.0 Å². The SMILES string of the molecule is O=C1CCOc2ccc(CC(=O)N3CCCC3)cc2N1. The largest absolute Gasteiger partial charge is 0.491 e. The first-order valence-corrected chi connectivity index (χ1v) is 7.06. The number of nitrogens with zero attached hydrogens (tertiary/aromatic N) is 1. The molecule has 106 valence electrons. The quantitative estimate of drug-likeness (QED) is 0.890. The van der Waals surface area contributed by atoms with Gasteiger partial charge >= 0.3 is 0 Å². The fraction of sp³-hybridized carbons (Fsp3) is 0.467. The molecule has 0 aliphatic carbocycles. The molecule has 5 heteroatoms. The molecule has 1 N–H and O–H groups in total. The number of anilines is 1. The van der Waals surface area contributed by atoms with Crippen LogP contribution in [0.1, 0.15) is 24.8 Å². The first-order valence-electron chi connectivity index (χ1n) is 7.06. The highest BCUT2D eigenvalue weighted by atomic mass is 16.5. The molecule has 2 aliphatic heterocycles. The van der Waals surface area contributed by atoms with Crippen molar-refractivity contribution in [3.63, 3.8) is 0 Å². The van der Waals surface area contributed by atoms with Gasteiger partial charge in [0.05, 0.1) is 25.1 Å². The number of fused-ring (bicyclic) bond motifs is 1. The van der Waals surface area contributed by atoms with Crippen LogP contribution in [-0.4, -0.2) is 36.4 Å². The standard InChI is InChI=1S/C15H18N2O3/c18-14-5-8-20-13-4-3-11(9-12(13)16-14)10-15(19)17-6-1-2-7-17/h3-4,9H,1-2,5-8,10H2,(H,16,18). The molecule has 2 amide bonds. The Morgan fingerprint density at radius 1 is 1.30 bits per heavy atom. The zero-order valence-electron chi connectivity index (χ0n) is 11.4. The fourth-order valence-corrected chi connectivity index (χ4v) is 2.63. The summed E-state index contributed by atoms with van der Waals surface area (Å²) >= 11 is 0. The molecule has 20 heavy (non-hydrogen) atoms. The predicted octanol–water partition coefficient (Wildman–Crippen LogP) is 1.57. The number of hydrogen-bond acceptors (Lipinski definition) is 3. The van der Waals surface area contributed by atoms with Crippen molar-refractivity contribution in [2.45, 2.75) is 25.7 Å². The van der Waals surface area contributed by atoms with E-state index < -0.39 is 0 Å². The first kappa shape index (κ1) is 13.0. The van der Waals surface area contributed by atoms with Gasteiger partial charge in [-0.25, -0.2) is 0 Å². The van der Waals surface area contributed by atoms with Crippen molar-refractivity contribution in [2.24, 2.45) is 0 Å². The molecule has 0 spiro atoms. The third-order valence-corrected chi connectivity index (χ3v) is 3.72. The summed E-state index contributed by atoms with van der Waals surface area (Å²) in [5.74, 6) is 0.781. The van der Waals surface area contributed by atoms with Crippen molar-refractivity contribution < 1.29 is 14.3 Å². The van der Waals surface area contributed by atoms with Gasteiger partial charge in [0.2, 0.25) is 11.8 Å². The maximum absolute atomic E-state index is 12.1. The van der Waals surface area contributed by atoms with E-state index in [0.29, 0.717) is 30.9 Å². The highest BCUT2D eigenvalue weighted by molar-refractivity contribution is 5.93. The van der Waals surface area contributed by atoms with Crippen LogP contribution in [0.25, 0.3) is 0 Å². The number of carbonyl (C=O) groups is 2. The lowest BCUT2D eigenvalue weighted by molar-refractivity contribution is -0.129. The highest BCUT2D eigenvalue weighted by Gasteiger charge is 2.19. The topological polar surface area (TPSA) is 58.6 Å². The molecule has 0 radical (unpaired) electrons. The van der Waals surface area contributed by atoms with Crippen LogP contribution in [-0.2, 0) is 16.0 Å². The lowest BCUT2D eigenvalue weighted by atomic mass is 10.1. The van der Waals surface area contributed by atoms with Crippen molar-refractivity contribution >= 4 is 17.5 Å². The van der Waals surface area contributed by atoms with Crippen LogP contribution in [0.2, 0.25) is 0 Å². The molecular weight excluding hydrogens is 256 g/mol. The summed E-state index contributed by atoms with van der Waals surface area (Å²) in [6.07, 6.45) is 2.93. The second-order valence-electron chi connectivity index (χ2n) is 5.24. The Labute approximate surface area is 117 Å². The summed E-state index contributed by atoms with van der Waals surface area (Å²) in [6.45, 7) is 2.12. The Morgan fingerprint density at radius 3 is 2.90 bits per heavy atom. The molecule has 1 aromatic carbocycles. The molecule has 2 aliphatic rings. The van der Waals surface area contributed by atoms with E-state index in [0.717, 1.165) is 31.5 Å². The summed E-state index contributed by atoms with van der Waals surface area (Å²) in [6, 6.07) is 5.56. The van der Waals surface area contributed by atoms with Crippen molar-refractivity contribution in [1.82, 2.24) is 4.90 Å².